The second kappa shape index (κ2) is 9.30. The Morgan fingerprint density at radius 3 is 2.50 bits per heavy atom. The van der Waals surface area contributed by atoms with Crippen LogP contribution >= 0.6 is 0 Å². The van der Waals surface area contributed by atoms with Gasteiger partial charge in [0.05, 0.1) is 7.11 Å². The fraction of sp³-hybridized carbons (Fsp3) is 0.400. The molecule has 0 bridgehead atoms. The minimum atomic E-state index is 0.183. The van der Waals surface area contributed by atoms with Crippen LogP contribution in [0.15, 0.2) is 48.5 Å². The van der Waals surface area contributed by atoms with Gasteiger partial charge in [-0.1, -0.05) is 43.3 Å². The van der Waals surface area contributed by atoms with Gasteiger partial charge in [-0.15, -0.1) is 0 Å². The van der Waals surface area contributed by atoms with Gasteiger partial charge in [-0.25, -0.2) is 0 Å². The lowest BCUT2D eigenvalue weighted by molar-refractivity contribution is 0.284. The first kappa shape index (κ1) is 18.3. The van der Waals surface area contributed by atoms with Gasteiger partial charge in [-0.2, -0.15) is 0 Å². The molecule has 130 valence electrons. The molecule has 0 aromatic heterocycles. The number of benzene rings is 2. The quantitative estimate of drug-likeness (QED) is 0.737. The molecule has 3 N–H and O–H groups in total. The molecule has 0 aliphatic rings. The number of nitrogens with one attached hydrogen (secondary N) is 1. The van der Waals surface area contributed by atoms with Crippen molar-refractivity contribution >= 4 is 0 Å². The van der Waals surface area contributed by atoms with Gasteiger partial charge in [-0.05, 0) is 36.6 Å². The highest BCUT2D eigenvalue weighted by atomic mass is 16.5. The van der Waals surface area contributed by atoms with E-state index in [0.29, 0.717) is 6.61 Å². The maximum Gasteiger partial charge on any atom is 0.161 e. The Balaban J connectivity index is 2.01. The minimum absolute atomic E-state index is 0.183. The van der Waals surface area contributed by atoms with Gasteiger partial charge in [-0.3, -0.25) is 0 Å². The second-order valence-electron chi connectivity index (χ2n) is 5.98. The summed E-state index contributed by atoms with van der Waals surface area (Å²) < 4.78 is 11.4. The molecule has 4 nitrogen and oxygen atoms in total. The first-order valence-electron chi connectivity index (χ1n) is 8.47. The highest BCUT2D eigenvalue weighted by Crippen LogP contribution is 2.31. The summed E-state index contributed by atoms with van der Waals surface area (Å²) >= 11 is 0. The third-order valence-corrected chi connectivity index (χ3v) is 4.14. The summed E-state index contributed by atoms with van der Waals surface area (Å²) in [6, 6.07) is 16.6. The van der Waals surface area contributed by atoms with Crippen molar-refractivity contribution in [1.29, 1.82) is 0 Å². The number of ether oxygens (including phenoxy) is 2. The summed E-state index contributed by atoms with van der Waals surface area (Å²) in [6.45, 7) is 5.54. The molecule has 0 heterocycles. The molecule has 24 heavy (non-hydrogen) atoms. The van der Waals surface area contributed by atoms with E-state index in [4.69, 9.17) is 15.2 Å². The van der Waals surface area contributed by atoms with E-state index in [0.717, 1.165) is 35.6 Å². The molecule has 0 saturated carbocycles. The predicted octanol–water partition coefficient (Wildman–Crippen LogP) is 3.66. The molecule has 2 atom stereocenters. The van der Waals surface area contributed by atoms with E-state index >= 15 is 0 Å². The molecule has 0 amide bonds. The molecule has 2 aromatic carbocycles. The molecule has 2 unspecified atom stereocenters. The van der Waals surface area contributed by atoms with Crippen LogP contribution < -0.4 is 20.5 Å². The molecule has 4 heteroatoms. The van der Waals surface area contributed by atoms with Gasteiger partial charge in [0, 0.05) is 18.6 Å². The summed E-state index contributed by atoms with van der Waals surface area (Å²) in [7, 11) is 1.67. The van der Waals surface area contributed by atoms with E-state index < -0.39 is 0 Å². The molecule has 0 aliphatic heterocycles. The second-order valence-corrected chi connectivity index (χ2v) is 5.98. The predicted molar refractivity (Wildman–Crippen MR) is 98.5 cm³/mol. The van der Waals surface area contributed by atoms with Crippen LogP contribution in [0.1, 0.15) is 37.4 Å². The molecule has 0 aliphatic carbocycles. The molecule has 2 rings (SSSR count). The highest BCUT2D eigenvalue weighted by Gasteiger charge is 2.11. The zero-order valence-corrected chi connectivity index (χ0v) is 14.8. The Morgan fingerprint density at radius 2 is 1.83 bits per heavy atom. The summed E-state index contributed by atoms with van der Waals surface area (Å²) in [6.07, 6.45) is 0.968. The lowest BCUT2D eigenvalue weighted by atomic mass is 10.1. The molecule has 0 saturated heterocycles. The fourth-order valence-electron chi connectivity index (χ4n) is 2.40. The first-order valence-corrected chi connectivity index (χ1v) is 8.47. The molecular weight excluding hydrogens is 300 g/mol. The Morgan fingerprint density at radius 1 is 1.08 bits per heavy atom. The van der Waals surface area contributed by atoms with E-state index in [1.54, 1.807) is 7.11 Å². The Bertz CT molecular complexity index is 616. The van der Waals surface area contributed by atoms with Gasteiger partial charge in [0.25, 0.3) is 0 Å². The maximum atomic E-state index is 5.97. The van der Waals surface area contributed by atoms with Crippen molar-refractivity contribution in [3.8, 4) is 11.5 Å². The average molecular weight is 328 g/mol. The third kappa shape index (κ3) is 5.25. The van der Waals surface area contributed by atoms with Crippen LogP contribution in [-0.4, -0.2) is 19.7 Å². The Labute approximate surface area is 145 Å². The monoisotopic (exact) mass is 328 g/mol. The summed E-state index contributed by atoms with van der Waals surface area (Å²) in [5.74, 6) is 1.50. The lowest BCUT2D eigenvalue weighted by Crippen LogP contribution is -2.34. The third-order valence-electron chi connectivity index (χ3n) is 4.14. The Hall–Kier alpha value is -2.04. The normalized spacial score (nSPS) is 13.3. The van der Waals surface area contributed by atoms with Crippen LogP contribution in [0.4, 0.5) is 0 Å². The number of hydrogen-bond acceptors (Lipinski definition) is 4. The van der Waals surface area contributed by atoms with Gasteiger partial charge < -0.3 is 20.5 Å². The number of hydrogen-bond donors (Lipinski definition) is 2. The van der Waals surface area contributed by atoms with Gasteiger partial charge >= 0.3 is 0 Å². The van der Waals surface area contributed by atoms with Crippen LogP contribution in [-0.2, 0) is 6.61 Å². The van der Waals surface area contributed by atoms with Gasteiger partial charge in [0.1, 0.15) is 6.61 Å². The fourth-order valence-corrected chi connectivity index (χ4v) is 2.40. The molecule has 0 fully saturated rings. The smallest absolute Gasteiger partial charge is 0.161 e. The SMILES string of the molecule is CCC(N)CNC(C)c1ccc(OCc2ccccc2)c(OC)c1. The van der Waals surface area contributed by atoms with Crippen LogP contribution in [0, 0.1) is 0 Å². The Kier molecular flexibility index (Phi) is 7.09. The number of nitrogens with two attached hydrogens (primary N) is 1. The molecular formula is C20H28N2O2. The van der Waals surface area contributed by atoms with Crippen molar-refractivity contribution in [2.24, 2.45) is 5.73 Å². The summed E-state index contributed by atoms with van der Waals surface area (Å²) in [4.78, 5) is 0. The topological polar surface area (TPSA) is 56.5 Å². The largest absolute Gasteiger partial charge is 0.493 e. The zero-order valence-electron chi connectivity index (χ0n) is 14.8. The molecule has 2 aromatic rings. The van der Waals surface area contributed by atoms with Crippen molar-refractivity contribution in [2.45, 2.75) is 39.0 Å². The van der Waals surface area contributed by atoms with Crippen molar-refractivity contribution in [3.05, 3.63) is 59.7 Å². The summed E-state index contributed by atoms with van der Waals surface area (Å²) in [5, 5.41) is 3.46. The van der Waals surface area contributed by atoms with E-state index in [1.165, 1.54) is 0 Å². The van der Waals surface area contributed by atoms with Crippen molar-refractivity contribution in [3.63, 3.8) is 0 Å². The van der Waals surface area contributed by atoms with Crippen LogP contribution in [0.5, 0.6) is 11.5 Å². The van der Waals surface area contributed by atoms with Crippen LogP contribution in [0.25, 0.3) is 0 Å². The van der Waals surface area contributed by atoms with Gasteiger partial charge in [0.15, 0.2) is 11.5 Å². The molecule has 0 radical (unpaired) electrons. The van der Waals surface area contributed by atoms with E-state index in [-0.39, 0.29) is 12.1 Å². The number of rotatable bonds is 9. The van der Waals surface area contributed by atoms with Crippen molar-refractivity contribution in [1.82, 2.24) is 5.32 Å². The highest BCUT2D eigenvalue weighted by molar-refractivity contribution is 5.44. The van der Waals surface area contributed by atoms with Crippen LogP contribution in [0.2, 0.25) is 0 Å². The maximum absolute atomic E-state index is 5.97. The van der Waals surface area contributed by atoms with Gasteiger partial charge in [0.2, 0.25) is 0 Å². The van der Waals surface area contributed by atoms with E-state index in [1.807, 2.05) is 42.5 Å². The molecule has 0 spiro atoms. The van der Waals surface area contributed by atoms with Crippen LogP contribution in [0.3, 0.4) is 0 Å². The zero-order chi connectivity index (χ0) is 17.4. The number of methoxy groups -OCH3 is 1. The van der Waals surface area contributed by atoms with E-state index in [9.17, 15) is 0 Å². The van der Waals surface area contributed by atoms with Crippen molar-refractivity contribution < 1.29 is 9.47 Å². The summed E-state index contributed by atoms with van der Waals surface area (Å²) in [5.41, 5.74) is 8.25. The van der Waals surface area contributed by atoms with Crippen molar-refractivity contribution in [2.75, 3.05) is 13.7 Å². The lowest BCUT2D eigenvalue weighted by Gasteiger charge is -2.19. The average Bonchev–Trinajstić information content (AvgIpc) is 2.64. The minimum Gasteiger partial charge on any atom is -0.493 e. The van der Waals surface area contributed by atoms with E-state index in [2.05, 4.69) is 25.2 Å². The standard InChI is InChI=1S/C20H28N2O2/c1-4-18(21)13-22-15(2)17-10-11-19(20(12-17)23-3)24-14-16-8-6-5-7-9-16/h5-12,15,18,22H,4,13-14,21H2,1-3H3. The first-order chi connectivity index (χ1) is 11.6.